The minimum Gasteiger partial charge on any atom is -0.444 e. The monoisotopic (exact) mass is 369 g/mol. The highest BCUT2D eigenvalue weighted by Crippen LogP contribution is 2.24. The van der Waals surface area contributed by atoms with Crippen LogP contribution in [0.2, 0.25) is 0 Å². The Morgan fingerprint density at radius 1 is 1.36 bits per heavy atom. The van der Waals surface area contributed by atoms with E-state index in [4.69, 9.17) is 4.74 Å². The van der Waals surface area contributed by atoms with Crippen LogP contribution in [0.4, 0.5) is 4.79 Å². The molecule has 0 aromatic heterocycles. The van der Waals surface area contributed by atoms with Crippen molar-refractivity contribution in [1.29, 1.82) is 0 Å². The topological polar surface area (TPSA) is 49.8 Å². The number of ether oxygens (including phenoxy) is 1. The van der Waals surface area contributed by atoms with Crippen LogP contribution in [0.3, 0.4) is 0 Å². The van der Waals surface area contributed by atoms with Crippen molar-refractivity contribution in [2.45, 2.75) is 45.3 Å². The average molecular weight is 370 g/mol. The van der Waals surface area contributed by atoms with Crippen molar-refractivity contribution >= 4 is 22.0 Å². The summed E-state index contributed by atoms with van der Waals surface area (Å²) < 4.78 is 6.46. The van der Waals surface area contributed by atoms with Gasteiger partial charge in [-0.05, 0) is 51.3 Å². The smallest absolute Gasteiger partial charge is 0.410 e. The van der Waals surface area contributed by atoms with Crippen molar-refractivity contribution in [2.24, 2.45) is 5.92 Å². The van der Waals surface area contributed by atoms with Crippen molar-refractivity contribution in [3.63, 3.8) is 0 Å². The Kier molecular flexibility index (Phi) is 5.50. The largest absolute Gasteiger partial charge is 0.444 e. The summed E-state index contributed by atoms with van der Waals surface area (Å²) in [7, 11) is 0. The Hall–Kier alpha value is -1.07. The molecule has 0 spiro atoms. The molecule has 1 aliphatic rings. The van der Waals surface area contributed by atoms with Crippen molar-refractivity contribution in [2.75, 3.05) is 13.1 Å². The number of hydrogen-bond donors (Lipinski definition) is 1. The Balaban J connectivity index is 1.98. The van der Waals surface area contributed by atoms with Crippen LogP contribution in [-0.4, -0.2) is 40.9 Å². The Morgan fingerprint density at radius 2 is 2.00 bits per heavy atom. The van der Waals surface area contributed by atoms with Crippen LogP contribution in [0.15, 0.2) is 28.7 Å². The van der Waals surface area contributed by atoms with Crippen molar-refractivity contribution < 1.29 is 14.6 Å². The molecule has 2 atom stereocenters. The van der Waals surface area contributed by atoms with Gasteiger partial charge < -0.3 is 14.7 Å². The van der Waals surface area contributed by atoms with E-state index in [0.29, 0.717) is 19.5 Å². The molecule has 4 nitrogen and oxygen atoms in total. The summed E-state index contributed by atoms with van der Waals surface area (Å²) in [4.78, 5) is 13.9. The highest BCUT2D eigenvalue weighted by molar-refractivity contribution is 9.10. The normalized spacial score (nSPS) is 22.5. The van der Waals surface area contributed by atoms with E-state index in [2.05, 4.69) is 15.9 Å². The van der Waals surface area contributed by atoms with Gasteiger partial charge in [0.2, 0.25) is 0 Å². The number of likely N-dealkylation sites (tertiary alicyclic amines) is 1. The molecule has 1 N–H and O–H groups in total. The second-order valence-corrected chi connectivity index (χ2v) is 7.79. The first-order valence-corrected chi connectivity index (χ1v) is 8.44. The quantitative estimate of drug-likeness (QED) is 0.865. The van der Waals surface area contributed by atoms with E-state index in [1.165, 1.54) is 5.56 Å². The third-order valence-corrected chi connectivity index (χ3v) is 4.29. The van der Waals surface area contributed by atoms with Gasteiger partial charge in [0.15, 0.2) is 0 Å². The molecule has 0 saturated carbocycles. The number of rotatable bonds is 2. The van der Waals surface area contributed by atoms with Crippen LogP contribution >= 0.6 is 15.9 Å². The number of aliphatic hydroxyl groups excluding tert-OH is 1. The molecule has 0 aliphatic carbocycles. The summed E-state index contributed by atoms with van der Waals surface area (Å²) in [5.41, 5.74) is 0.673. The first-order valence-electron chi connectivity index (χ1n) is 7.65. The number of piperidine rings is 1. The summed E-state index contributed by atoms with van der Waals surface area (Å²) in [6, 6.07) is 8.08. The summed E-state index contributed by atoms with van der Waals surface area (Å²) in [5.74, 6) is 0.0439. The van der Waals surface area contributed by atoms with E-state index < -0.39 is 5.60 Å². The first kappa shape index (κ1) is 17.3. The first-order chi connectivity index (χ1) is 10.2. The standard InChI is InChI=1S/C17H24BrNO3/c1-17(2,3)22-16(21)19-9-8-15(20)13(11-19)10-12-4-6-14(18)7-5-12/h4-7,13,15,20H,8-11H2,1-3H3. The lowest BCUT2D eigenvalue weighted by Gasteiger charge is -2.37. The Bertz CT molecular complexity index is 510. The van der Waals surface area contributed by atoms with E-state index in [1.807, 2.05) is 45.0 Å². The van der Waals surface area contributed by atoms with Gasteiger partial charge in [-0.2, -0.15) is 0 Å². The summed E-state index contributed by atoms with van der Waals surface area (Å²) >= 11 is 3.42. The van der Waals surface area contributed by atoms with Crippen LogP contribution in [0.1, 0.15) is 32.8 Å². The third-order valence-electron chi connectivity index (χ3n) is 3.76. The van der Waals surface area contributed by atoms with Crippen molar-refractivity contribution in [1.82, 2.24) is 4.90 Å². The van der Waals surface area contributed by atoms with E-state index in [9.17, 15) is 9.90 Å². The molecule has 122 valence electrons. The number of benzene rings is 1. The van der Waals surface area contributed by atoms with Gasteiger partial charge >= 0.3 is 6.09 Å². The van der Waals surface area contributed by atoms with Crippen LogP contribution < -0.4 is 0 Å². The molecule has 22 heavy (non-hydrogen) atoms. The van der Waals surface area contributed by atoms with E-state index in [-0.39, 0.29) is 18.1 Å². The number of nitrogens with zero attached hydrogens (tertiary/aromatic N) is 1. The Morgan fingerprint density at radius 3 is 2.59 bits per heavy atom. The minimum absolute atomic E-state index is 0.0439. The summed E-state index contributed by atoms with van der Waals surface area (Å²) in [6.45, 7) is 6.67. The van der Waals surface area contributed by atoms with Crippen LogP contribution in [-0.2, 0) is 11.2 Å². The molecule has 1 heterocycles. The lowest BCUT2D eigenvalue weighted by atomic mass is 9.89. The summed E-state index contributed by atoms with van der Waals surface area (Å²) in [6.07, 6.45) is 0.691. The van der Waals surface area contributed by atoms with E-state index in [0.717, 1.165) is 10.9 Å². The molecule has 0 bridgehead atoms. The lowest BCUT2D eigenvalue weighted by molar-refractivity contribution is -0.00823. The van der Waals surface area contributed by atoms with Crippen molar-refractivity contribution in [3.05, 3.63) is 34.3 Å². The van der Waals surface area contributed by atoms with Gasteiger partial charge in [0.1, 0.15) is 5.60 Å². The van der Waals surface area contributed by atoms with E-state index in [1.54, 1.807) is 4.90 Å². The van der Waals surface area contributed by atoms with Gasteiger partial charge in [0, 0.05) is 23.5 Å². The number of amides is 1. The number of hydrogen-bond acceptors (Lipinski definition) is 3. The van der Waals surface area contributed by atoms with E-state index >= 15 is 0 Å². The molecule has 1 aromatic carbocycles. The number of carbonyl (C=O) groups is 1. The van der Waals surface area contributed by atoms with Crippen LogP contribution in [0.25, 0.3) is 0 Å². The molecule has 1 fully saturated rings. The SMILES string of the molecule is CC(C)(C)OC(=O)N1CCC(O)C(Cc2ccc(Br)cc2)C1. The number of halogens is 1. The van der Waals surface area contributed by atoms with Crippen LogP contribution in [0.5, 0.6) is 0 Å². The molecular formula is C17H24BrNO3. The fraction of sp³-hybridized carbons (Fsp3) is 0.588. The third kappa shape index (κ3) is 4.99. The highest BCUT2D eigenvalue weighted by atomic mass is 79.9. The van der Waals surface area contributed by atoms with Gasteiger partial charge in [-0.25, -0.2) is 4.79 Å². The second kappa shape index (κ2) is 7.01. The number of carbonyl (C=O) groups excluding carboxylic acids is 1. The Labute approximate surface area is 140 Å². The zero-order chi connectivity index (χ0) is 16.3. The average Bonchev–Trinajstić information content (AvgIpc) is 2.41. The predicted molar refractivity (Wildman–Crippen MR) is 89.8 cm³/mol. The molecule has 0 radical (unpaired) electrons. The van der Waals surface area contributed by atoms with Gasteiger partial charge in [-0.3, -0.25) is 0 Å². The van der Waals surface area contributed by atoms with Crippen LogP contribution in [0, 0.1) is 5.92 Å². The molecule has 1 aliphatic heterocycles. The zero-order valence-corrected chi connectivity index (χ0v) is 15.0. The van der Waals surface area contributed by atoms with Gasteiger partial charge in [0.25, 0.3) is 0 Å². The van der Waals surface area contributed by atoms with Gasteiger partial charge in [-0.1, -0.05) is 28.1 Å². The fourth-order valence-corrected chi connectivity index (χ4v) is 2.90. The molecule has 2 unspecified atom stereocenters. The molecule has 5 heteroatoms. The van der Waals surface area contributed by atoms with Gasteiger partial charge in [0.05, 0.1) is 6.10 Å². The maximum atomic E-state index is 12.2. The lowest BCUT2D eigenvalue weighted by Crippen LogP contribution is -2.48. The maximum absolute atomic E-state index is 12.2. The molecule has 1 amide bonds. The molecule has 1 aromatic rings. The fourth-order valence-electron chi connectivity index (χ4n) is 2.64. The summed E-state index contributed by atoms with van der Waals surface area (Å²) in [5, 5.41) is 10.2. The predicted octanol–water partition coefficient (Wildman–Crippen LogP) is 3.61. The molecule has 1 saturated heterocycles. The minimum atomic E-state index is -0.492. The maximum Gasteiger partial charge on any atom is 0.410 e. The molecular weight excluding hydrogens is 346 g/mol. The van der Waals surface area contributed by atoms with Crippen molar-refractivity contribution in [3.8, 4) is 0 Å². The number of aliphatic hydroxyl groups is 1. The molecule has 2 rings (SSSR count). The second-order valence-electron chi connectivity index (χ2n) is 6.87. The van der Waals surface area contributed by atoms with Gasteiger partial charge in [-0.15, -0.1) is 0 Å². The zero-order valence-electron chi connectivity index (χ0n) is 13.4. The highest BCUT2D eigenvalue weighted by Gasteiger charge is 2.32.